The Labute approximate surface area is 125 Å². The number of aryl methyl sites for hydroxylation is 1. The molecule has 21 heavy (non-hydrogen) atoms. The van der Waals surface area contributed by atoms with Crippen LogP contribution in [0.3, 0.4) is 0 Å². The first kappa shape index (κ1) is 13.9. The maximum atomic E-state index is 12.4. The van der Waals surface area contributed by atoms with E-state index in [0.717, 1.165) is 18.5 Å². The summed E-state index contributed by atoms with van der Waals surface area (Å²) in [6.45, 7) is 2.85. The molecule has 0 unspecified atom stereocenters. The molecule has 1 aliphatic heterocycles. The molecule has 2 aromatic rings. The molecule has 1 N–H and O–H groups in total. The quantitative estimate of drug-likeness (QED) is 0.948. The molecule has 1 heterocycles. The Morgan fingerprint density at radius 1 is 1.14 bits per heavy atom. The second-order valence-electron chi connectivity index (χ2n) is 5.44. The van der Waals surface area contributed by atoms with Crippen LogP contribution in [-0.4, -0.2) is 22.0 Å². The molecule has 3 rings (SSSR count). The Kier molecular flexibility index (Phi) is 3.37. The number of anilines is 2. The summed E-state index contributed by atoms with van der Waals surface area (Å²) < 4.78 is 27.5. The Hall–Kier alpha value is -2.01. The van der Waals surface area contributed by atoms with Crippen LogP contribution in [0.4, 0.5) is 11.4 Å². The van der Waals surface area contributed by atoms with Crippen LogP contribution in [0.15, 0.2) is 47.4 Å². The van der Waals surface area contributed by atoms with Gasteiger partial charge in [0.25, 0.3) is 10.0 Å². The molecule has 0 saturated heterocycles. The van der Waals surface area contributed by atoms with E-state index in [2.05, 4.69) is 9.62 Å². The monoisotopic (exact) mass is 302 g/mol. The first-order valence-corrected chi connectivity index (χ1v) is 8.37. The lowest BCUT2D eigenvalue weighted by Gasteiger charge is -2.13. The Balaban J connectivity index is 1.90. The highest BCUT2D eigenvalue weighted by Crippen LogP contribution is 2.30. The van der Waals surface area contributed by atoms with E-state index in [1.165, 1.54) is 11.3 Å². The molecule has 1 aliphatic rings. The van der Waals surface area contributed by atoms with E-state index in [9.17, 15) is 8.42 Å². The smallest absolute Gasteiger partial charge is 0.261 e. The number of hydrogen-bond donors (Lipinski definition) is 1. The van der Waals surface area contributed by atoms with Crippen LogP contribution >= 0.6 is 0 Å². The molecule has 0 amide bonds. The summed E-state index contributed by atoms with van der Waals surface area (Å²) in [4.78, 5) is 2.47. The van der Waals surface area contributed by atoms with Gasteiger partial charge in [-0.05, 0) is 54.8 Å². The van der Waals surface area contributed by atoms with E-state index in [-0.39, 0.29) is 0 Å². The number of sulfonamides is 1. The third-order valence-corrected chi connectivity index (χ3v) is 5.14. The minimum atomic E-state index is -3.53. The van der Waals surface area contributed by atoms with Crippen molar-refractivity contribution in [2.75, 3.05) is 23.2 Å². The van der Waals surface area contributed by atoms with Gasteiger partial charge in [-0.1, -0.05) is 12.1 Å². The van der Waals surface area contributed by atoms with Crippen molar-refractivity contribution in [2.24, 2.45) is 0 Å². The number of nitrogens with one attached hydrogen (secondary N) is 1. The van der Waals surface area contributed by atoms with Gasteiger partial charge in [0.15, 0.2) is 0 Å². The van der Waals surface area contributed by atoms with E-state index in [4.69, 9.17) is 0 Å². The topological polar surface area (TPSA) is 49.4 Å². The summed E-state index contributed by atoms with van der Waals surface area (Å²) in [6, 6.07) is 12.6. The predicted octanol–water partition coefficient (Wildman–Crippen LogP) is 2.79. The molecule has 110 valence electrons. The zero-order valence-corrected chi connectivity index (χ0v) is 12.9. The van der Waals surface area contributed by atoms with Crippen molar-refractivity contribution in [1.29, 1.82) is 0 Å². The molecule has 5 heteroatoms. The molecule has 0 bridgehead atoms. The van der Waals surface area contributed by atoms with Crippen molar-refractivity contribution in [3.8, 4) is 0 Å². The highest BCUT2D eigenvalue weighted by molar-refractivity contribution is 7.92. The summed E-state index contributed by atoms with van der Waals surface area (Å²) in [7, 11) is -1.49. The summed E-state index contributed by atoms with van der Waals surface area (Å²) in [6.07, 6.45) is 0.950. The lowest BCUT2D eigenvalue weighted by atomic mass is 10.1. The third-order valence-electron chi connectivity index (χ3n) is 3.76. The lowest BCUT2D eigenvalue weighted by Crippen LogP contribution is -2.13. The molecular weight excluding hydrogens is 284 g/mol. The van der Waals surface area contributed by atoms with Crippen LogP contribution in [0.5, 0.6) is 0 Å². The Morgan fingerprint density at radius 3 is 2.71 bits per heavy atom. The van der Waals surface area contributed by atoms with Gasteiger partial charge in [-0.25, -0.2) is 8.42 Å². The summed E-state index contributed by atoms with van der Waals surface area (Å²) in [5, 5.41) is 0. The third kappa shape index (κ3) is 2.74. The van der Waals surface area contributed by atoms with Gasteiger partial charge in [-0.3, -0.25) is 4.72 Å². The van der Waals surface area contributed by atoms with Gasteiger partial charge in [0.1, 0.15) is 0 Å². The van der Waals surface area contributed by atoms with Crippen LogP contribution < -0.4 is 9.62 Å². The van der Waals surface area contributed by atoms with E-state index >= 15 is 0 Å². The predicted molar refractivity (Wildman–Crippen MR) is 85.4 cm³/mol. The van der Waals surface area contributed by atoms with Crippen molar-refractivity contribution < 1.29 is 8.42 Å². The van der Waals surface area contributed by atoms with Crippen molar-refractivity contribution in [1.82, 2.24) is 0 Å². The highest BCUT2D eigenvalue weighted by Gasteiger charge is 2.18. The summed E-state index contributed by atoms with van der Waals surface area (Å²) in [5.74, 6) is 0. The van der Waals surface area contributed by atoms with Crippen molar-refractivity contribution in [2.45, 2.75) is 18.2 Å². The molecule has 4 nitrogen and oxygen atoms in total. The Morgan fingerprint density at radius 2 is 1.95 bits per heavy atom. The fourth-order valence-electron chi connectivity index (χ4n) is 2.63. The average Bonchev–Trinajstić information content (AvgIpc) is 2.79. The van der Waals surface area contributed by atoms with E-state index in [0.29, 0.717) is 10.6 Å². The number of fused-ring (bicyclic) bond motifs is 1. The van der Waals surface area contributed by atoms with Gasteiger partial charge in [0, 0.05) is 25.0 Å². The minimum absolute atomic E-state index is 0.292. The zero-order valence-electron chi connectivity index (χ0n) is 12.1. The molecular formula is C16H18N2O2S. The van der Waals surface area contributed by atoms with Crippen LogP contribution in [0.2, 0.25) is 0 Å². The number of likely N-dealkylation sites (N-methyl/N-ethyl adjacent to an activating group) is 1. The number of hydrogen-bond acceptors (Lipinski definition) is 3. The SMILES string of the molecule is Cc1cccc(S(=O)(=O)Nc2ccc3c(c2)CCN3C)c1. The normalized spacial score (nSPS) is 14.1. The van der Waals surface area contributed by atoms with Crippen molar-refractivity contribution in [3.63, 3.8) is 0 Å². The molecule has 0 radical (unpaired) electrons. The van der Waals surface area contributed by atoms with Gasteiger partial charge in [0.2, 0.25) is 0 Å². The largest absolute Gasteiger partial charge is 0.374 e. The van der Waals surface area contributed by atoms with Crippen LogP contribution in [0.1, 0.15) is 11.1 Å². The minimum Gasteiger partial charge on any atom is -0.374 e. The first-order chi connectivity index (χ1) is 9.95. The fraction of sp³-hybridized carbons (Fsp3) is 0.250. The van der Waals surface area contributed by atoms with Gasteiger partial charge < -0.3 is 4.90 Å². The van der Waals surface area contributed by atoms with Crippen molar-refractivity contribution >= 4 is 21.4 Å². The first-order valence-electron chi connectivity index (χ1n) is 6.89. The van der Waals surface area contributed by atoms with Gasteiger partial charge in [-0.2, -0.15) is 0 Å². The van der Waals surface area contributed by atoms with Gasteiger partial charge in [-0.15, -0.1) is 0 Å². The molecule has 0 spiro atoms. The van der Waals surface area contributed by atoms with E-state index < -0.39 is 10.0 Å². The highest BCUT2D eigenvalue weighted by atomic mass is 32.2. The van der Waals surface area contributed by atoms with Crippen LogP contribution in [-0.2, 0) is 16.4 Å². The average molecular weight is 302 g/mol. The van der Waals surface area contributed by atoms with Gasteiger partial charge in [0.05, 0.1) is 4.90 Å². The Bertz CT molecular complexity index is 785. The number of nitrogens with zero attached hydrogens (tertiary/aromatic N) is 1. The molecule has 0 atom stereocenters. The second-order valence-corrected chi connectivity index (χ2v) is 7.12. The molecule has 0 aliphatic carbocycles. The standard InChI is InChI=1S/C16H18N2O2S/c1-12-4-3-5-15(10-12)21(19,20)17-14-6-7-16-13(11-14)8-9-18(16)2/h3-7,10-11,17H,8-9H2,1-2H3. The fourth-order valence-corrected chi connectivity index (χ4v) is 3.78. The molecule has 0 fully saturated rings. The van der Waals surface area contributed by atoms with Crippen molar-refractivity contribution in [3.05, 3.63) is 53.6 Å². The molecule has 0 saturated carbocycles. The summed E-state index contributed by atoms with van der Waals surface area (Å²) in [5.41, 5.74) is 3.90. The maximum Gasteiger partial charge on any atom is 0.261 e. The zero-order chi connectivity index (χ0) is 15.0. The summed E-state index contributed by atoms with van der Waals surface area (Å²) >= 11 is 0. The number of rotatable bonds is 3. The van der Waals surface area contributed by atoms with Gasteiger partial charge >= 0.3 is 0 Å². The van der Waals surface area contributed by atoms with E-state index in [1.807, 2.05) is 38.2 Å². The van der Waals surface area contributed by atoms with Crippen LogP contribution in [0, 0.1) is 6.92 Å². The molecule has 2 aromatic carbocycles. The lowest BCUT2D eigenvalue weighted by molar-refractivity contribution is 0.601. The number of benzene rings is 2. The van der Waals surface area contributed by atoms with Crippen LogP contribution in [0.25, 0.3) is 0 Å². The second kappa shape index (κ2) is 5.07. The maximum absolute atomic E-state index is 12.4. The molecule has 0 aromatic heterocycles. The van der Waals surface area contributed by atoms with E-state index in [1.54, 1.807) is 18.2 Å².